The van der Waals surface area contributed by atoms with E-state index in [4.69, 9.17) is 4.74 Å². The summed E-state index contributed by atoms with van der Waals surface area (Å²) < 4.78 is 5.19. The van der Waals surface area contributed by atoms with Crippen LogP contribution in [0.25, 0.3) is 0 Å². The number of likely N-dealkylation sites (tertiary alicyclic amines) is 1. The molecule has 0 aromatic carbocycles. The Hall–Kier alpha value is -3.03. The van der Waals surface area contributed by atoms with Crippen LogP contribution >= 0.6 is 0 Å². The molecule has 1 aliphatic carbocycles. The molecule has 1 fully saturated rings. The monoisotopic (exact) mass is 400 g/mol. The molecule has 8 heteroatoms. The van der Waals surface area contributed by atoms with Crippen LogP contribution in [0, 0.1) is 25.7 Å². The zero-order valence-corrected chi connectivity index (χ0v) is 16.9. The SMILES string of the molecule is CC(=O)c1c(C)[nH]c(C(=O)[C@@H](C)OC(=O)CN2C(=O)[C@H]3CC=CC[C@@H]3C2=O)c1C. The summed E-state index contributed by atoms with van der Waals surface area (Å²) in [5.74, 6) is -3.07. The maximum atomic E-state index is 12.7. The molecule has 1 aromatic heterocycles. The molecule has 1 aliphatic heterocycles. The summed E-state index contributed by atoms with van der Waals surface area (Å²) in [6.07, 6.45) is 3.57. The van der Waals surface area contributed by atoms with Gasteiger partial charge in [-0.1, -0.05) is 12.2 Å². The molecule has 2 aliphatic rings. The molecule has 0 spiro atoms. The van der Waals surface area contributed by atoms with Gasteiger partial charge in [0.2, 0.25) is 17.6 Å². The zero-order chi connectivity index (χ0) is 21.5. The molecule has 1 aromatic rings. The van der Waals surface area contributed by atoms with E-state index in [-0.39, 0.29) is 23.3 Å². The number of amides is 2. The van der Waals surface area contributed by atoms with Gasteiger partial charge in [0.1, 0.15) is 6.54 Å². The summed E-state index contributed by atoms with van der Waals surface area (Å²) in [7, 11) is 0. The van der Waals surface area contributed by atoms with Crippen molar-refractivity contribution in [3.8, 4) is 0 Å². The Labute approximate surface area is 168 Å². The zero-order valence-electron chi connectivity index (χ0n) is 16.9. The highest BCUT2D eigenvalue weighted by molar-refractivity contribution is 6.08. The largest absolute Gasteiger partial charge is 0.453 e. The number of fused-ring (bicyclic) bond motifs is 1. The van der Waals surface area contributed by atoms with Crippen LogP contribution < -0.4 is 0 Å². The summed E-state index contributed by atoms with van der Waals surface area (Å²) in [6, 6.07) is 0. The molecular weight excluding hydrogens is 376 g/mol. The molecule has 154 valence electrons. The summed E-state index contributed by atoms with van der Waals surface area (Å²) in [5.41, 5.74) is 1.72. The van der Waals surface area contributed by atoms with Gasteiger partial charge < -0.3 is 9.72 Å². The number of carbonyl (C=O) groups excluding carboxylic acids is 5. The van der Waals surface area contributed by atoms with Crippen LogP contribution in [0.15, 0.2) is 12.2 Å². The standard InChI is InChI=1S/C21H24N2O6/c1-10-17(12(3)24)11(2)22-18(10)19(26)13(4)29-16(25)9-23-20(27)14-7-5-6-8-15(14)21(23)28/h5-6,13-15,22H,7-9H2,1-4H3/t13-,14+,15+/m1/s1. The van der Waals surface area contributed by atoms with E-state index in [0.29, 0.717) is 29.7 Å². The average Bonchev–Trinajstić information content (AvgIpc) is 3.09. The van der Waals surface area contributed by atoms with E-state index in [2.05, 4.69) is 4.98 Å². The molecule has 29 heavy (non-hydrogen) atoms. The number of aromatic nitrogens is 1. The average molecular weight is 400 g/mol. The van der Waals surface area contributed by atoms with Gasteiger partial charge in [-0.2, -0.15) is 0 Å². The third-order valence-corrected chi connectivity index (χ3v) is 5.60. The molecule has 1 N–H and O–H groups in total. The van der Waals surface area contributed by atoms with Crippen LogP contribution in [-0.4, -0.2) is 51.9 Å². The van der Waals surface area contributed by atoms with Gasteiger partial charge >= 0.3 is 5.97 Å². The normalized spacial score (nSPS) is 21.9. The molecule has 1 saturated heterocycles. The van der Waals surface area contributed by atoms with Crippen LogP contribution in [0.3, 0.4) is 0 Å². The Bertz CT molecular complexity index is 915. The Balaban J connectivity index is 1.66. The highest BCUT2D eigenvalue weighted by Crippen LogP contribution is 2.34. The minimum atomic E-state index is -1.13. The summed E-state index contributed by atoms with van der Waals surface area (Å²) in [5, 5.41) is 0. The van der Waals surface area contributed by atoms with Gasteiger partial charge in [-0.15, -0.1) is 0 Å². The van der Waals surface area contributed by atoms with E-state index < -0.39 is 36.2 Å². The molecule has 3 rings (SSSR count). The van der Waals surface area contributed by atoms with Crippen molar-refractivity contribution in [2.45, 2.75) is 46.6 Å². The van der Waals surface area contributed by atoms with E-state index in [9.17, 15) is 24.0 Å². The van der Waals surface area contributed by atoms with Gasteiger partial charge in [-0.05, 0) is 46.1 Å². The highest BCUT2D eigenvalue weighted by Gasteiger charge is 2.48. The first-order valence-corrected chi connectivity index (χ1v) is 9.57. The summed E-state index contributed by atoms with van der Waals surface area (Å²) in [6.45, 7) is 5.66. The predicted molar refractivity (Wildman–Crippen MR) is 102 cm³/mol. The van der Waals surface area contributed by atoms with Gasteiger partial charge in [-0.25, -0.2) is 0 Å². The second kappa shape index (κ2) is 7.77. The van der Waals surface area contributed by atoms with Crippen molar-refractivity contribution >= 4 is 29.4 Å². The van der Waals surface area contributed by atoms with Gasteiger partial charge in [0.05, 0.1) is 17.5 Å². The van der Waals surface area contributed by atoms with Crippen molar-refractivity contribution in [3.05, 3.63) is 34.7 Å². The first kappa shape index (κ1) is 20.7. The molecule has 2 amide bonds. The van der Waals surface area contributed by atoms with Crippen molar-refractivity contribution in [2.24, 2.45) is 11.8 Å². The lowest BCUT2D eigenvalue weighted by Gasteiger charge is -2.16. The number of aromatic amines is 1. The number of rotatable bonds is 6. The fourth-order valence-electron chi connectivity index (χ4n) is 4.17. The lowest BCUT2D eigenvalue weighted by Crippen LogP contribution is -2.38. The minimum absolute atomic E-state index is 0.165. The van der Waals surface area contributed by atoms with Gasteiger partial charge in [0.25, 0.3) is 0 Å². The highest BCUT2D eigenvalue weighted by atomic mass is 16.5. The van der Waals surface area contributed by atoms with Crippen molar-refractivity contribution in [2.75, 3.05) is 6.54 Å². The number of carbonyl (C=O) groups is 5. The smallest absolute Gasteiger partial charge is 0.326 e. The molecule has 2 heterocycles. The van der Waals surface area contributed by atoms with Crippen LogP contribution in [0.5, 0.6) is 0 Å². The molecule has 0 radical (unpaired) electrons. The molecule has 0 unspecified atom stereocenters. The van der Waals surface area contributed by atoms with E-state index in [1.165, 1.54) is 13.8 Å². The number of ether oxygens (including phenoxy) is 1. The number of hydrogen-bond acceptors (Lipinski definition) is 6. The number of esters is 1. The first-order valence-electron chi connectivity index (χ1n) is 9.57. The van der Waals surface area contributed by atoms with Crippen molar-refractivity contribution in [1.29, 1.82) is 0 Å². The second-order valence-electron chi connectivity index (χ2n) is 7.60. The molecule has 3 atom stereocenters. The van der Waals surface area contributed by atoms with Gasteiger partial charge in [0, 0.05) is 11.3 Å². The summed E-state index contributed by atoms with van der Waals surface area (Å²) in [4.78, 5) is 65.4. The third kappa shape index (κ3) is 3.66. The molecular formula is C21H24N2O6. The van der Waals surface area contributed by atoms with E-state index in [1.54, 1.807) is 13.8 Å². The van der Waals surface area contributed by atoms with Crippen molar-refractivity contribution < 1.29 is 28.7 Å². The number of imide groups is 1. The fourth-order valence-corrected chi connectivity index (χ4v) is 4.17. The number of Topliss-reactive ketones (excluding diaryl/α,β-unsaturated/α-hetero) is 2. The molecule has 0 bridgehead atoms. The molecule has 0 saturated carbocycles. The maximum Gasteiger partial charge on any atom is 0.326 e. The quantitative estimate of drug-likeness (QED) is 0.338. The van der Waals surface area contributed by atoms with Gasteiger partial charge in [0.15, 0.2) is 11.9 Å². The number of hydrogen-bond donors (Lipinski definition) is 1. The Morgan fingerprint density at radius 2 is 1.69 bits per heavy atom. The fraction of sp³-hybridized carbons (Fsp3) is 0.476. The number of aryl methyl sites for hydroxylation is 1. The topological polar surface area (TPSA) is 114 Å². The predicted octanol–water partition coefficient (Wildman–Crippen LogP) is 1.90. The number of nitrogens with zero attached hydrogens (tertiary/aromatic N) is 1. The Morgan fingerprint density at radius 1 is 1.14 bits per heavy atom. The minimum Gasteiger partial charge on any atom is -0.453 e. The number of H-pyrrole nitrogens is 1. The van der Waals surface area contributed by atoms with E-state index in [1.807, 2.05) is 12.2 Å². The first-order chi connectivity index (χ1) is 13.6. The van der Waals surface area contributed by atoms with Gasteiger partial charge in [-0.3, -0.25) is 28.9 Å². The Morgan fingerprint density at radius 3 is 2.17 bits per heavy atom. The van der Waals surface area contributed by atoms with E-state index in [0.717, 1.165) is 4.90 Å². The van der Waals surface area contributed by atoms with Crippen LogP contribution in [0.2, 0.25) is 0 Å². The van der Waals surface area contributed by atoms with Crippen LogP contribution in [0.1, 0.15) is 58.8 Å². The Kier molecular flexibility index (Phi) is 5.55. The third-order valence-electron chi connectivity index (χ3n) is 5.60. The van der Waals surface area contributed by atoms with Crippen molar-refractivity contribution in [3.63, 3.8) is 0 Å². The maximum absolute atomic E-state index is 12.7. The molecule has 8 nitrogen and oxygen atoms in total. The second-order valence-corrected chi connectivity index (χ2v) is 7.60. The van der Waals surface area contributed by atoms with Crippen molar-refractivity contribution in [1.82, 2.24) is 9.88 Å². The number of nitrogens with one attached hydrogen (secondary N) is 1. The lowest BCUT2D eigenvalue weighted by atomic mass is 9.85. The summed E-state index contributed by atoms with van der Waals surface area (Å²) >= 11 is 0. The van der Waals surface area contributed by atoms with Crippen LogP contribution in [0.4, 0.5) is 0 Å². The van der Waals surface area contributed by atoms with E-state index >= 15 is 0 Å². The number of ketones is 2. The number of allylic oxidation sites excluding steroid dienone is 2. The van der Waals surface area contributed by atoms with Crippen LogP contribution in [-0.2, 0) is 19.1 Å². The lowest BCUT2D eigenvalue weighted by molar-refractivity contribution is -0.154.